The third-order valence-corrected chi connectivity index (χ3v) is 2.57. The van der Waals surface area contributed by atoms with Crippen molar-refractivity contribution in [3.63, 3.8) is 0 Å². The molecule has 0 aliphatic heterocycles. The van der Waals surface area contributed by atoms with E-state index in [1.165, 1.54) is 6.92 Å². The fourth-order valence-corrected chi connectivity index (χ4v) is 1.52. The highest BCUT2D eigenvalue weighted by Gasteiger charge is 2.10. The number of esters is 1. The van der Waals surface area contributed by atoms with E-state index >= 15 is 0 Å². The van der Waals surface area contributed by atoms with Crippen LogP contribution in [0.4, 0.5) is 0 Å². The molecule has 0 fully saturated rings. The van der Waals surface area contributed by atoms with Crippen LogP contribution < -0.4 is 11.1 Å². The quantitative estimate of drug-likeness (QED) is 0.609. The maximum absolute atomic E-state index is 11.3. The van der Waals surface area contributed by atoms with Gasteiger partial charge in [0.1, 0.15) is 0 Å². The molecule has 3 N–H and O–H groups in total. The van der Waals surface area contributed by atoms with Crippen LogP contribution in [0.1, 0.15) is 20.3 Å². The molecule has 1 amide bonds. The zero-order valence-corrected chi connectivity index (χ0v) is 10.8. The van der Waals surface area contributed by atoms with E-state index in [0.29, 0.717) is 12.4 Å². The number of nitrogens with one attached hydrogen (secondary N) is 1. The fourth-order valence-electron chi connectivity index (χ4n) is 0.853. The monoisotopic (exact) mass is 262 g/mol. The Labute approximate surface area is 105 Å². The lowest BCUT2D eigenvalue weighted by molar-refractivity contribution is -0.142. The van der Waals surface area contributed by atoms with Gasteiger partial charge in [-0.1, -0.05) is 11.8 Å². The Morgan fingerprint density at radius 2 is 2.06 bits per heavy atom. The van der Waals surface area contributed by atoms with Crippen LogP contribution in [0.5, 0.6) is 0 Å². The van der Waals surface area contributed by atoms with Crippen LogP contribution in [0.25, 0.3) is 0 Å². The van der Waals surface area contributed by atoms with Crippen molar-refractivity contribution in [1.82, 2.24) is 5.32 Å². The summed E-state index contributed by atoms with van der Waals surface area (Å²) in [6.45, 7) is 3.52. The van der Waals surface area contributed by atoms with Crippen LogP contribution in [0, 0.1) is 0 Å². The van der Waals surface area contributed by atoms with Crippen molar-refractivity contribution in [3.8, 4) is 0 Å². The van der Waals surface area contributed by atoms with Gasteiger partial charge in [0.25, 0.3) is 0 Å². The second-order valence-corrected chi connectivity index (χ2v) is 4.43. The summed E-state index contributed by atoms with van der Waals surface area (Å²) in [6.07, 6.45) is 0.186. The van der Waals surface area contributed by atoms with E-state index in [1.54, 1.807) is 6.92 Å². The Kier molecular flexibility index (Phi) is 8.43. The lowest BCUT2D eigenvalue weighted by atomic mass is 10.3. The minimum absolute atomic E-state index is 0.0755. The predicted molar refractivity (Wildman–Crippen MR) is 65.4 cm³/mol. The van der Waals surface area contributed by atoms with Gasteiger partial charge in [-0.25, -0.2) is 0 Å². The number of nitrogens with two attached hydrogens (primary N) is 1. The van der Waals surface area contributed by atoms with Crippen molar-refractivity contribution in [2.75, 3.05) is 18.9 Å². The summed E-state index contributed by atoms with van der Waals surface area (Å²) in [4.78, 5) is 33.3. The second kappa shape index (κ2) is 9.00. The van der Waals surface area contributed by atoms with E-state index < -0.39 is 6.04 Å². The first-order chi connectivity index (χ1) is 7.97. The Balaban J connectivity index is 3.60. The third kappa shape index (κ3) is 8.70. The topological polar surface area (TPSA) is 98.5 Å². The molecule has 0 unspecified atom stereocenters. The lowest BCUT2D eigenvalue weighted by Crippen LogP contribution is -2.40. The van der Waals surface area contributed by atoms with Crippen LogP contribution in [-0.2, 0) is 19.1 Å². The molecule has 0 rings (SSSR count). The summed E-state index contributed by atoms with van der Waals surface area (Å²) < 4.78 is 4.70. The second-order valence-electron chi connectivity index (χ2n) is 3.28. The highest BCUT2D eigenvalue weighted by atomic mass is 32.2. The van der Waals surface area contributed by atoms with Crippen molar-refractivity contribution < 1.29 is 19.1 Å². The van der Waals surface area contributed by atoms with Crippen LogP contribution in [0.3, 0.4) is 0 Å². The molecular weight excluding hydrogens is 244 g/mol. The maximum atomic E-state index is 11.3. The first-order valence-corrected chi connectivity index (χ1v) is 6.30. The Morgan fingerprint density at radius 1 is 1.41 bits per heavy atom. The van der Waals surface area contributed by atoms with Gasteiger partial charge in [0.15, 0.2) is 0 Å². The van der Waals surface area contributed by atoms with Crippen molar-refractivity contribution in [2.45, 2.75) is 26.3 Å². The molecule has 0 bridgehead atoms. The van der Waals surface area contributed by atoms with Gasteiger partial charge >= 0.3 is 5.97 Å². The van der Waals surface area contributed by atoms with Gasteiger partial charge in [0.05, 0.1) is 25.6 Å². The van der Waals surface area contributed by atoms with Gasteiger partial charge in [-0.05, 0) is 13.8 Å². The molecule has 0 aliphatic carbocycles. The summed E-state index contributed by atoms with van der Waals surface area (Å²) in [7, 11) is 0. The number of hydrogen-bond donors (Lipinski definition) is 2. The van der Waals surface area contributed by atoms with Crippen LogP contribution >= 0.6 is 11.8 Å². The summed E-state index contributed by atoms with van der Waals surface area (Å²) >= 11 is 0.989. The molecule has 1 atom stereocenters. The largest absolute Gasteiger partial charge is 0.466 e. The van der Waals surface area contributed by atoms with Gasteiger partial charge in [-0.3, -0.25) is 14.4 Å². The molecule has 6 nitrogen and oxygen atoms in total. The molecule has 0 heterocycles. The molecule has 0 aromatic carbocycles. The molecule has 0 spiro atoms. The molecule has 0 saturated carbocycles. The SMILES string of the molecule is CCOC(=O)CCSC(=O)CNC(=O)[C@H](C)N. The summed E-state index contributed by atoms with van der Waals surface area (Å²) in [5.41, 5.74) is 5.30. The Morgan fingerprint density at radius 3 is 2.59 bits per heavy atom. The highest BCUT2D eigenvalue weighted by molar-refractivity contribution is 8.13. The number of thioether (sulfide) groups is 1. The molecule has 0 saturated heterocycles. The lowest BCUT2D eigenvalue weighted by Gasteiger charge is -2.06. The van der Waals surface area contributed by atoms with Crippen molar-refractivity contribution in [2.24, 2.45) is 5.73 Å². The van der Waals surface area contributed by atoms with Crippen molar-refractivity contribution in [1.29, 1.82) is 0 Å². The normalized spacial score (nSPS) is 11.7. The standard InChI is InChI=1S/C10H18N2O4S/c1-3-16-8(13)4-5-17-9(14)6-12-10(15)7(2)11/h7H,3-6,11H2,1-2H3,(H,12,15)/t7-/m0/s1. The molecule has 0 aromatic rings. The van der Waals surface area contributed by atoms with E-state index in [4.69, 9.17) is 10.5 Å². The minimum atomic E-state index is -0.632. The van der Waals surface area contributed by atoms with Gasteiger partial charge in [-0.15, -0.1) is 0 Å². The molecule has 0 aromatic heterocycles. The molecular formula is C10H18N2O4S. The Bertz CT molecular complexity index is 281. The Hall–Kier alpha value is -1.08. The first-order valence-electron chi connectivity index (χ1n) is 5.32. The maximum Gasteiger partial charge on any atom is 0.306 e. The zero-order chi connectivity index (χ0) is 13.3. The van der Waals surface area contributed by atoms with E-state index in [9.17, 15) is 14.4 Å². The van der Waals surface area contributed by atoms with Gasteiger partial charge in [0, 0.05) is 5.75 Å². The van der Waals surface area contributed by atoms with Gasteiger partial charge in [0.2, 0.25) is 11.0 Å². The zero-order valence-electron chi connectivity index (χ0n) is 10.0. The molecule has 0 aliphatic rings. The van der Waals surface area contributed by atoms with Crippen molar-refractivity contribution >= 4 is 28.8 Å². The molecule has 0 radical (unpaired) electrons. The van der Waals surface area contributed by atoms with Crippen molar-refractivity contribution in [3.05, 3.63) is 0 Å². The molecule has 17 heavy (non-hydrogen) atoms. The number of carbonyl (C=O) groups excluding carboxylic acids is 3. The molecule has 98 valence electrons. The first kappa shape index (κ1) is 15.9. The molecule has 7 heteroatoms. The number of hydrogen-bond acceptors (Lipinski definition) is 6. The van der Waals surface area contributed by atoms with Crippen LogP contribution in [-0.4, -0.2) is 41.9 Å². The number of ether oxygens (including phenoxy) is 1. The van der Waals surface area contributed by atoms with Gasteiger partial charge in [-0.2, -0.15) is 0 Å². The van der Waals surface area contributed by atoms with E-state index in [-0.39, 0.29) is 30.0 Å². The third-order valence-electron chi connectivity index (χ3n) is 1.70. The predicted octanol–water partition coefficient (Wildman–Crippen LogP) is -0.337. The van der Waals surface area contributed by atoms with Crippen LogP contribution in [0.15, 0.2) is 0 Å². The minimum Gasteiger partial charge on any atom is -0.466 e. The average Bonchev–Trinajstić information content (AvgIpc) is 2.26. The summed E-state index contributed by atoms with van der Waals surface area (Å²) in [5.74, 6) is -0.345. The van der Waals surface area contributed by atoms with Crippen LogP contribution in [0.2, 0.25) is 0 Å². The van der Waals surface area contributed by atoms with E-state index in [1.807, 2.05) is 0 Å². The fraction of sp³-hybridized carbons (Fsp3) is 0.700. The highest BCUT2D eigenvalue weighted by Crippen LogP contribution is 2.04. The average molecular weight is 262 g/mol. The summed E-state index contributed by atoms with van der Waals surface area (Å²) in [6, 6.07) is -0.632. The number of carbonyl (C=O) groups is 3. The summed E-state index contributed by atoms with van der Waals surface area (Å²) in [5, 5.41) is 2.19. The van der Waals surface area contributed by atoms with Gasteiger partial charge < -0.3 is 15.8 Å². The van der Waals surface area contributed by atoms with E-state index in [2.05, 4.69) is 5.32 Å². The number of amides is 1. The van der Waals surface area contributed by atoms with E-state index in [0.717, 1.165) is 11.8 Å². The smallest absolute Gasteiger partial charge is 0.306 e. The number of rotatable bonds is 7.